The Kier molecular flexibility index (Phi) is 33.1. The molecule has 5 nitrogen and oxygen atoms in total. The average Bonchev–Trinajstić information content (AvgIpc) is 4.09. The van der Waals surface area contributed by atoms with Crippen molar-refractivity contribution in [1.82, 2.24) is 9.80 Å². The predicted octanol–water partition coefficient (Wildman–Crippen LogP) is 11.8. The van der Waals surface area contributed by atoms with Crippen LogP contribution in [0.3, 0.4) is 0 Å². The van der Waals surface area contributed by atoms with Gasteiger partial charge in [-0.2, -0.15) is 0 Å². The molecule has 8 aromatic rings. The van der Waals surface area contributed by atoms with Crippen LogP contribution in [-0.4, -0.2) is 100 Å². The summed E-state index contributed by atoms with van der Waals surface area (Å²) in [7, 11) is 7.93. The summed E-state index contributed by atoms with van der Waals surface area (Å²) in [6, 6.07) is 88.1. The molecule has 8 aromatic carbocycles. The van der Waals surface area contributed by atoms with Crippen molar-refractivity contribution in [2.75, 3.05) is 90.2 Å². The Hall–Kier alpha value is -3.63. The molecule has 77 heavy (non-hydrogen) atoms. The summed E-state index contributed by atoms with van der Waals surface area (Å²) >= 11 is 0.382. The molecule has 9 rings (SSSR count). The molecule has 0 aromatic heterocycles. The van der Waals surface area contributed by atoms with Gasteiger partial charge in [0.15, 0.2) is 0 Å². The summed E-state index contributed by atoms with van der Waals surface area (Å²) in [6.45, 7) is 9.56. The van der Waals surface area contributed by atoms with Crippen LogP contribution in [0.2, 0.25) is 0 Å². The third-order valence-electron chi connectivity index (χ3n) is 12.8. The van der Waals surface area contributed by atoms with E-state index in [-0.39, 0.29) is 39.1 Å². The average molecular weight is 1190 g/mol. The molecule has 1 saturated heterocycles. The van der Waals surface area contributed by atoms with E-state index in [4.69, 9.17) is 36.5 Å². The number of halogens is 2. The molecule has 1 aliphatic rings. The Morgan fingerprint density at radius 2 is 0.494 bits per heavy atom. The number of benzene rings is 8. The zero-order valence-electron chi connectivity index (χ0n) is 43.7. The molecule has 0 atom stereocenters. The van der Waals surface area contributed by atoms with Crippen molar-refractivity contribution in [3.05, 3.63) is 243 Å². The maximum absolute atomic E-state index is 6.06. The molecule has 409 valence electrons. The van der Waals surface area contributed by atoms with E-state index in [2.05, 4.69) is 252 Å². The first-order chi connectivity index (χ1) is 37.6. The van der Waals surface area contributed by atoms with Crippen LogP contribution in [0.25, 0.3) is 0 Å². The standard InChI is InChI=1S/2C30H34N2P2.C4H8O.CH4.2ClH.Co/c2*31-21-22-32(23-25-33(27-13-5-1-6-14-27)28-15-7-2-8-16-28)24-26-34(29-17-9-3-10-18-29)30-19-11-4-12-20-30;1-2-4-5-3-1;;;;/h2*1-20H,21-26,31H2;1-4H2;1H4;2*1H;/q;;;;;;+2/p-2. The van der Waals surface area contributed by atoms with Crippen molar-refractivity contribution < 1.29 is 17.6 Å². The third-order valence-corrected chi connectivity index (χ3v) is 22.8. The summed E-state index contributed by atoms with van der Waals surface area (Å²) in [5.74, 6) is 0. The molecular formula is C65H80Cl2CoN4OP4. The van der Waals surface area contributed by atoms with Gasteiger partial charge in [-0.1, -0.05) is 250 Å². The summed E-state index contributed by atoms with van der Waals surface area (Å²) in [5, 5.41) is 11.6. The van der Waals surface area contributed by atoms with Crippen LogP contribution in [0.15, 0.2) is 243 Å². The monoisotopic (exact) mass is 1190 g/mol. The van der Waals surface area contributed by atoms with E-state index in [1.807, 2.05) is 0 Å². The second kappa shape index (κ2) is 39.7. The van der Waals surface area contributed by atoms with Gasteiger partial charge in [-0.15, -0.1) is 0 Å². The maximum atomic E-state index is 6.06. The van der Waals surface area contributed by atoms with Crippen LogP contribution in [-0.2, 0) is 17.6 Å². The Labute approximate surface area is 483 Å². The first-order valence-corrected chi connectivity index (χ1v) is 35.4. The Bertz CT molecular complexity index is 2130. The number of hydrogen-bond acceptors (Lipinski definition) is 5. The quantitative estimate of drug-likeness (QED) is 0.0590. The van der Waals surface area contributed by atoms with E-state index >= 15 is 0 Å². The second-order valence-electron chi connectivity index (χ2n) is 17.9. The molecule has 12 heteroatoms. The first kappa shape index (κ1) is 64.2. The minimum absolute atomic E-state index is 0. The normalized spacial score (nSPS) is 11.9. The van der Waals surface area contributed by atoms with Crippen molar-refractivity contribution in [3.63, 3.8) is 0 Å². The zero-order chi connectivity index (χ0) is 53.1. The van der Waals surface area contributed by atoms with Crippen molar-refractivity contribution in [1.29, 1.82) is 0 Å². The van der Waals surface area contributed by atoms with Crippen LogP contribution in [0, 0.1) is 0 Å². The van der Waals surface area contributed by atoms with Crippen molar-refractivity contribution >= 4 is 94.4 Å². The van der Waals surface area contributed by atoms with Gasteiger partial charge in [0.1, 0.15) is 0 Å². The van der Waals surface area contributed by atoms with Crippen molar-refractivity contribution in [2.45, 2.75) is 20.3 Å². The molecule has 4 N–H and O–H groups in total. The summed E-state index contributed by atoms with van der Waals surface area (Å²) in [5.41, 5.74) is 12.1. The van der Waals surface area contributed by atoms with Gasteiger partial charge in [-0.3, -0.25) is 0 Å². The minimum atomic E-state index is -0.385. The molecule has 0 radical (unpaired) electrons. The van der Waals surface area contributed by atoms with Crippen LogP contribution >= 0.6 is 52.0 Å². The third kappa shape index (κ3) is 23.5. The number of rotatable bonds is 24. The molecule has 1 fully saturated rings. The molecule has 0 unspecified atom stereocenters. The first-order valence-electron chi connectivity index (χ1n) is 26.4. The van der Waals surface area contributed by atoms with Crippen molar-refractivity contribution in [2.24, 2.45) is 11.5 Å². The second-order valence-corrected chi connectivity index (χ2v) is 29.0. The SMILES string of the molecule is C.C1CCOC1.NCCN(CCP(c1ccccc1)c1ccccc1)CCP(c1ccccc1)c1ccccc1.NCCN(CCP(c1ccccc1)c1ccccc1)CCP(c1ccccc1)c1ccccc1.[Cl][Co][Cl]. The van der Waals surface area contributed by atoms with Gasteiger partial charge in [-0.25, -0.2) is 0 Å². The topological polar surface area (TPSA) is 67.8 Å². The van der Waals surface area contributed by atoms with E-state index < -0.39 is 0 Å². The molecule has 0 saturated carbocycles. The van der Waals surface area contributed by atoms with Crippen molar-refractivity contribution in [3.8, 4) is 0 Å². The van der Waals surface area contributed by atoms with E-state index in [9.17, 15) is 0 Å². The van der Waals surface area contributed by atoms with Gasteiger partial charge < -0.3 is 26.0 Å². The van der Waals surface area contributed by atoms with E-state index in [1.54, 1.807) is 0 Å². The summed E-state index contributed by atoms with van der Waals surface area (Å²) in [6.07, 6.45) is 7.16. The summed E-state index contributed by atoms with van der Waals surface area (Å²) < 4.78 is 4.94. The number of nitrogens with two attached hydrogens (primary N) is 2. The fourth-order valence-electron chi connectivity index (χ4n) is 9.00. The van der Waals surface area contributed by atoms with Gasteiger partial charge in [0.05, 0.1) is 0 Å². The van der Waals surface area contributed by atoms with E-state index in [0.717, 1.165) is 77.1 Å². The van der Waals surface area contributed by atoms with Gasteiger partial charge in [0.2, 0.25) is 0 Å². The summed E-state index contributed by atoms with van der Waals surface area (Å²) in [4.78, 5) is 5.17. The molecule has 0 amide bonds. The molecule has 1 heterocycles. The Morgan fingerprint density at radius 3 is 0.623 bits per heavy atom. The van der Waals surface area contributed by atoms with Crippen LogP contribution in [0.4, 0.5) is 0 Å². The zero-order valence-corrected chi connectivity index (χ0v) is 49.9. The van der Waals surface area contributed by atoms with E-state index in [1.165, 1.54) is 55.3 Å². The molecule has 0 spiro atoms. The van der Waals surface area contributed by atoms with Gasteiger partial charge in [0, 0.05) is 65.6 Å². The molecule has 0 bridgehead atoms. The fraction of sp³-hybridized carbons (Fsp3) is 0.262. The predicted molar refractivity (Wildman–Crippen MR) is 345 cm³/mol. The van der Waals surface area contributed by atoms with Gasteiger partial charge >= 0.3 is 33.2 Å². The van der Waals surface area contributed by atoms with E-state index in [0.29, 0.717) is 26.0 Å². The Morgan fingerprint density at radius 1 is 0.325 bits per heavy atom. The number of nitrogens with zero attached hydrogens (tertiary/aromatic N) is 2. The van der Waals surface area contributed by atoms with Gasteiger partial charge in [-0.05, 0) is 112 Å². The van der Waals surface area contributed by atoms with Gasteiger partial charge in [0.25, 0.3) is 0 Å². The molecular weight excluding hydrogens is 1110 g/mol. The van der Waals surface area contributed by atoms with Crippen LogP contribution in [0.5, 0.6) is 0 Å². The van der Waals surface area contributed by atoms with Crippen LogP contribution < -0.4 is 53.9 Å². The molecule has 1 aliphatic heterocycles. The number of ether oxygens (including phenoxy) is 1. The fourth-order valence-corrected chi connectivity index (χ4v) is 18.5. The number of hydrogen-bond donors (Lipinski definition) is 2. The van der Waals surface area contributed by atoms with Crippen LogP contribution in [0.1, 0.15) is 20.3 Å². The molecule has 0 aliphatic carbocycles. The Balaban J connectivity index is 0.000000245.